The Kier molecular flexibility index (Phi) is 3.86. The van der Waals surface area contributed by atoms with E-state index in [1.54, 1.807) is 11.3 Å². The van der Waals surface area contributed by atoms with Crippen molar-refractivity contribution in [1.82, 2.24) is 9.80 Å². The number of thiophene rings is 1. The second-order valence-electron chi connectivity index (χ2n) is 6.31. The molecular weight excluding hydrogens is 320 g/mol. The third-order valence-corrected chi connectivity index (χ3v) is 5.66. The summed E-state index contributed by atoms with van der Waals surface area (Å²) in [5.41, 5.74) is 8.86. The Balaban J connectivity index is 1.71. The maximum absolute atomic E-state index is 12.8. The van der Waals surface area contributed by atoms with Gasteiger partial charge in [0.05, 0.1) is 11.9 Å². The van der Waals surface area contributed by atoms with Crippen molar-refractivity contribution in [3.05, 3.63) is 56.2 Å². The molecule has 6 heteroatoms. The molecule has 2 aliphatic heterocycles. The standard InChI is InChI=1S/C18H20N4OS/c1-21-5-7-22(8-6-21)18(23)12-2-3-13-15(10-12)20-11-16-14(17(13)19)4-9-24-16/h2-4,9-10H,5-8,11,19H2,1H3. The fourth-order valence-electron chi connectivity index (χ4n) is 3.22. The van der Waals surface area contributed by atoms with Crippen LogP contribution in [0.15, 0.2) is 34.6 Å². The number of piperazine rings is 1. The molecule has 0 aliphatic carbocycles. The van der Waals surface area contributed by atoms with Gasteiger partial charge in [-0.1, -0.05) is 0 Å². The van der Waals surface area contributed by atoms with Crippen LogP contribution in [0.5, 0.6) is 0 Å². The summed E-state index contributed by atoms with van der Waals surface area (Å²) in [5.74, 6) is 0.0821. The molecule has 5 nitrogen and oxygen atoms in total. The van der Waals surface area contributed by atoms with E-state index in [9.17, 15) is 4.79 Å². The Morgan fingerprint density at radius 1 is 1.21 bits per heavy atom. The van der Waals surface area contributed by atoms with Crippen LogP contribution < -0.4 is 16.3 Å². The summed E-state index contributed by atoms with van der Waals surface area (Å²) in [6, 6.07) is 7.74. The topological polar surface area (TPSA) is 61.9 Å². The normalized spacial score (nSPS) is 17.7. The average Bonchev–Trinajstić information content (AvgIpc) is 3.03. The number of carbonyl (C=O) groups excluding carboxylic acids is 1. The number of hydrogen-bond donors (Lipinski definition) is 1. The van der Waals surface area contributed by atoms with Gasteiger partial charge in [0.15, 0.2) is 0 Å². The van der Waals surface area contributed by atoms with E-state index in [1.165, 1.54) is 4.88 Å². The highest BCUT2D eigenvalue weighted by molar-refractivity contribution is 7.10. The first-order valence-electron chi connectivity index (χ1n) is 8.12. The van der Waals surface area contributed by atoms with Gasteiger partial charge >= 0.3 is 0 Å². The van der Waals surface area contributed by atoms with E-state index < -0.39 is 0 Å². The molecule has 2 N–H and O–H groups in total. The van der Waals surface area contributed by atoms with Crippen LogP contribution >= 0.6 is 11.3 Å². The van der Waals surface area contributed by atoms with Gasteiger partial charge < -0.3 is 15.5 Å². The first kappa shape index (κ1) is 15.4. The smallest absolute Gasteiger partial charge is 0.254 e. The molecule has 2 aromatic rings. The molecule has 24 heavy (non-hydrogen) atoms. The lowest BCUT2D eigenvalue weighted by Gasteiger charge is -2.32. The molecule has 4 rings (SSSR count). The first-order chi connectivity index (χ1) is 11.6. The van der Waals surface area contributed by atoms with Gasteiger partial charge in [-0.3, -0.25) is 9.79 Å². The van der Waals surface area contributed by atoms with E-state index in [1.807, 2.05) is 34.5 Å². The van der Waals surface area contributed by atoms with Gasteiger partial charge in [-0.25, -0.2) is 0 Å². The molecular formula is C18H20N4OS. The molecule has 1 amide bonds. The van der Waals surface area contributed by atoms with Crippen molar-refractivity contribution >= 4 is 22.9 Å². The van der Waals surface area contributed by atoms with Crippen molar-refractivity contribution in [2.75, 3.05) is 33.2 Å². The summed E-state index contributed by atoms with van der Waals surface area (Å²) in [4.78, 5) is 22.8. The van der Waals surface area contributed by atoms with Crippen LogP contribution in [0.25, 0.3) is 5.70 Å². The Morgan fingerprint density at radius 2 is 2.00 bits per heavy atom. The van der Waals surface area contributed by atoms with Gasteiger partial charge in [-0.05, 0) is 36.7 Å². The van der Waals surface area contributed by atoms with Crippen molar-refractivity contribution in [2.45, 2.75) is 6.54 Å². The van der Waals surface area contributed by atoms with Crippen LogP contribution in [0.4, 0.5) is 0 Å². The fraction of sp³-hybridized carbons (Fsp3) is 0.333. The highest BCUT2D eigenvalue weighted by Gasteiger charge is 2.21. The van der Waals surface area contributed by atoms with Crippen LogP contribution in [0.3, 0.4) is 0 Å². The van der Waals surface area contributed by atoms with Crippen molar-refractivity contribution < 1.29 is 4.79 Å². The summed E-state index contributed by atoms with van der Waals surface area (Å²) >= 11 is 1.67. The quantitative estimate of drug-likeness (QED) is 0.817. The number of benzene rings is 1. The number of hydrogen-bond acceptors (Lipinski definition) is 5. The van der Waals surface area contributed by atoms with Crippen LogP contribution in [-0.4, -0.2) is 48.9 Å². The lowest BCUT2D eigenvalue weighted by molar-refractivity contribution is 0.0664. The molecule has 1 saturated heterocycles. The van der Waals surface area contributed by atoms with Gasteiger partial charge in [-0.15, -0.1) is 11.3 Å². The van der Waals surface area contributed by atoms with E-state index in [0.717, 1.165) is 48.0 Å². The molecule has 1 aromatic heterocycles. The number of likely N-dealkylation sites (N-methyl/N-ethyl adjacent to an activating group) is 1. The second kappa shape index (κ2) is 6.03. The Bertz CT molecular complexity index is 909. The zero-order valence-electron chi connectivity index (χ0n) is 13.7. The van der Waals surface area contributed by atoms with E-state index in [2.05, 4.69) is 16.9 Å². The number of nitrogens with two attached hydrogens (primary N) is 1. The third-order valence-electron chi connectivity index (χ3n) is 4.75. The minimum absolute atomic E-state index is 0.0821. The van der Waals surface area contributed by atoms with Crippen LogP contribution in [0.2, 0.25) is 0 Å². The SMILES string of the molecule is CN1CCN(C(=O)c2ccc3c(c2)=NCc2sccc2C=3N)CC1. The zero-order chi connectivity index (χ0) is 16.7. The van der Waals surface area contributed by atoms with Crippen LogP contribution in [0.1, 0.15) is 20.8 Å². The summed E-state index contributed by atoms with van der Waals surface area (Å²) in [7, 11) is 2.08. The van der Waals surface area contributed by atoms with Gasteiger partial charge in [0.25, 0.3) is 5.91 Å². The summed E-state index contributed by atoms with van der Waals surface area (Å²) < 4.78 is 0. The third kappa shape index (κ3) is 2.61. The number of rotatable bonds is 1. The summed E-state index contributed by atoms with van der Waals surface area (Å²) in [5, 5.41) is 3.78. The van der Waals surface area contributed by atoms with Gasteiger partial charge in [0.2, 0.25) is 0 Å². The molecule has 2 aliphatic rings. The highest BCUT2D eigenvalue weighted by Crippen LogP contribution is 2.22. The number of fused-ring (bicyclic) bond motifs is 2. The van der Waals surface area contributed by atoms with E-state index in [-0.39, 0.29) is 5.91 Å². The Morgan fingerprint density at radius 3 is 2.79 bits per heavy atom. The minimum atomic E-state index is 0.0821. The van der Waals surface area contributed by atoms with Crippen molar-refractivity contribution in [3.63, 3.8) is 0 Å². The molecule has 0 spiro atoms. The molecule has 124 valence electrons. The predicted octanol–water partition coefficient (Wildman–Crippen LogP) is 0.384. The van der Waals surface area contributed by atoms with Crippen LogP contribution in [-0.2, 0) is 6.54 Å². The lowest BCUT2D eigenvalue weighted by atomic mass is 10.1. The van der Waals surface area contributed by atoms with Gasteiger partial charge in [-0.2, -0.15) is 0 Å². The molecule has 0 saturated carbocycles. The van der Waals surface area contributed by atoms with Crippen molar-refractivity contribution in [1.29, 1.82) is 0 Å². The molecule has 0 bridgehead atoms. The molecule has 1 aromatic carbocycles. The predicted molar refractivity (Wildman–Crippen MR) is 95.3 cm³/mol. The van der Waals surface area contributed by atoms with Gasteiger partial charge in [0, 0.05) is 53.1 Å². The maximum Gasteiger partial charge on any atom is 0.254 e. The first-order valence-corrected chi connectivity index (χ1v) is 9.00. The molecule has 3 heterocycles. The Hall–Kier alpha value is -2.18. The molecule has 0 unspecified atom stereocenters. The zero-order valence-corrected chi connectivity index (χ0v) is 14.5. The average molecular weight is 340 g/mol. The lowest BCUT2D eigenvalue weighted by Crippen LogP contribution is -2.47. The monoisotopic (exact) mass is 340 g/mol. The maximum atomic E-state index is 12.8. The van der Waals surface area contributed by atoms with Crippen molar-refractivity contribution in [3.8, 4) is 0 Å². The summed E-state index contributed by atoms with van der Waals surface area (Å²) in [6.45, 7) is 4.00. The summed E-state index contributed by atoms with van der Waals surface area (Å²) in [6.07, 6.45) is 0. The largest absolute Gasteiger partial charge is 0.398 e. The molecule has 1 fully saturated rings. The Labute approximate surface area is 144 Å². The fourth-order valence-corrected chi connectivity index (χ4v) is 4.03. The molecule has 0 radical (unpaired) electrons. The number of nitrogens with zero attached hydrogens (tertiary/aromatic N) is 3. The minimum Gasteiger partial charge on any atom is -0.398 e. The van der Waals surface area contributed by atoms with Crippen LogP contribution in [0, 0.1) is 0 Å². The van der Waals surface area contributed by atoms with E-state index in [4.69, 9.17) is 5.73 Å². The molecule has 0 atom stereocenters. The van der Waals surface area contributed by atoms with Gasteiger partial charge in [0.1, 0.15) is 0 Å². The second-order valence-corrected chi connectivity index (χ2v) is 7.32. The van der Waals surface area contributed by atoms with E-state index in [0.29, 0.717) is 12.1 Å². The van der Waals surface area contributed by atoms with Crippen molar-refractivity contribution in [2.24, 2.45) is 10.7 Å². The number of amides is 1. The highest BCUT2D eigenvalue weighted by atomic mass is 32.1. The van der Waals surface area contributed by atoms with E-state index >= 15 is 0 Å². The number of carbonyl (C=O) groups is 1.